The lowest BCUT2D eigenvalue weighted by atomic mass is 9.89. The number of halogens is 1. The lowest BCUT2D eigenvalue weighted by molar-refractivity contribution is -0.132. The van der Waals surface area contributed by atoms with Gasteiger partial charge in [-0.3, -0.25) is 14.4 Å². The molecular weight excluding hydrogens is 458 g/mol. The van der Waals surface area contributed by atoms with Gasteiger partial charge in [0.25, 0.3) is 5.56 Å². The fourth-order valence-corrected chi connectivity index (χ4v) is 4.32. The van der Waals surface area contributed by atoms with E-state index in [9.17, 15) is 14.4 Å². The maximum absolute atomic E-state index is 12.7. The molecule has 31 heavy (non-hydrogen) atoms. The number of aryl methyl sites for hydroxylation is 1. The molecule has 3 aromatic rings. The lowest BCUT2D eigenvalue weighted by Crippen LogP contribution is -2.40. The standard InChI is InChI=1S/C24H24BrN3O3/c25-18-10-8-16(9-11-18)23(30)17-12-14-28(15-13-17)22(29)7-3-6-21-26-20-5-2-1-4-19(20)24(31)27-21/h1-2,4-5,8-11,17H,3,6-7,12-15H2,(H,26,27,31). The van der Waals surface area contributed by atoms with Crippen LogP contribution in [0, 0.1) is 5.92 Å². The lowest BCUT2D eigenvalue weighted by Gasteiger charge is -2.31. The van der Waals surface area contributed by atoms with Crippen LogP contribution in [-0.4, -0.2) is 39.6 Å². The Hall–Kier alpha value is -2.80. The molecule has 0 radical (unpaired) electrons. The van der Waals surface area contributed by atoms with Crippen LogP contribution in [0.5, 0.6) is 0 Å². The monoisotopic (exact) mass is 481 g/mol. The number of carbonyl (C=O) groups excluding carboxylic acids is 2. The third-order valence-corrected chi connectivity index (χ3v) is 6.34. The van der Waals surface area contributed by atoms with Gasteiger partial charge in [-0.15, -0.1) is 0 Å². The molecule has 2 aromatic carbocycles. The predicted molar refractivity (Wildman–Crippen MR) is 123 cm³/mol. The minimum absolute atomic E-state index is 0.0305. The van der Waals surface area contributed by atoms with E-state index in [1.54, 1.807) is 6.07 Å². The van der Waals surface area contributed by atoms with Crippen LogP contribution in [0.1, 0.15) is 41.9 Å². The normalized spacial score (nSPS) is 14.7. The first-order chi connectivity index (χ1) is 15.0. The van der Waals surface area contributed by atoms with Crippen molar-refractivity contribution in [2.75, 3.05) is 13.1 Å². The minimum atomic E-state index is -0.149. The van der Waals surface area contributed by atoms with Crippen molar-refractivity contribution in [3.8, 4) is 0 Å². The van der Waals surface area contributed by atoms with Crippen molar-refractivity contribution in [1.29, 1.82) is 0 Å². The van der Waals surface area contributed by atoms with E-state index in [1.807, 2.05) is 47.4 Å². The Kier molecular flexibility index (Phi) is 6.61. The van der Waals surface area contributed by atoms with Crippen molar-refractivity contribution in [3.63, 3.8) is 0 Å². The highest BCUT2D eigenvalue weighted by atomic mass is 79.9. The largest absolute Gasteiger partial charge is 0.343 e. The Bertz CT molecular complexity index is 1150. The molecule has 1 N–H and O–H groups in total. The molecule has 1 amide bonds. The third kappa shape index (κ3) is 5.10. The van der Waals surface area contributed by atoms with Crippen molar-refractivity contribution in [1.82, 2.24) is 14.9 Å². The number of ketones is 1. The first kappa shape index (κ1) is 21.4. The van der Waals surface area contributed by atoms with E-state index in [4.69, 9.17) is 0 Å². The smallest absolute Gasteiger partial charge is 0.258 e. The molecule has 0 bridgehead atoms. The number of H-pyrrole nitrogens is 1. The van der Waals surface area contributed by atoms with Crippen LogP contribution in [-0.2, 0) is 11.2 Å². The summed E-state index contributed by atoms with van der Waals surface area (Å²) in [5.41, 5.74) is 1.25. The zero-order chi connectivity index (χ0) is 21.8. The number of benzene rings is 2. The number of piperidine rings is 1. The first-order valence-electron chi connectivity index (χ1n) is 10.6. The SMILES string of the molecule is O=C(c1ccc(Br)cc1)C1CCN(C(=O)CCCc2nc3ccccc3c(=O)[nH]2)CC1. The number of carbonyl (C=O) groups is 2. The van der Waals surface area contributed by atoms with Crippen LogP contribution in [0.4, 0.5) is 0 Å². The minimum Gasteiger partial charge on any atom is -0.343 e. The second kappa shape index (κ2) is 9.56. The summed E-state index contributed by atoms with van der Waals surface area (Å²) >= 11 is 3.39. The molecule has 0 saturated carbocycles. The molecule has 6 nitrogen and oxygen atoms in total. The van der Waals surface area contributed by atoms with Crippen molar-refractivity contribution < 1.29 is 9.59 Å². The van der Waals surface area contributed by atoms with Gasteiger partial charge in [-0.05, 0) is 43.5 Å². The molecule has 4 rings (SSSR count). The predicted octanol–water partition coefficient (Wildman–Crippen LogP) is 4.13. The molecule has 1 fully saturated rings. The highest BCUT2D eigenvalue weighted by Gasteiger charge is 2.27. The van der Waals surface area contributed by atoms with Gasteiger partial charge in [0.1, 0.15) is 5.82 Å². The molecule has 1 saturated heterocycles. The van der Waals surface area contributed by atoms with Crippen LogP contribution in [0.25, 0.3) is 10.9 Å². The van der Waals surface area contributed by atoms with Crippen molar-refractivity contribution in [2.24, 2.45) is 5.92 Å². The molecule has 1 aliphatic rings. The van der Waals surface area contributed by atoms with Gasteiger partial charge in [-0.25, -0.2) is 4.98 Å². The number of amides is 1. The maximum Gasteiger partial charge on any atom is 0.258 e. The van der Waals surface area contributed by atoms with Crippen LogP contribution < -0.4 is 5.56 Å². The second-order valence-corrected chi connectivity index (χ2v) is 8.83. The number of nitrogens with one attached hydrogen (secondary N) is 1. The quantitative estimate of drug-likeness (QED) is 0.536. The Morgan fingerprint density at radius 1 is 1.06 bits per heavy atom. The Morgan fingerprint density at radius 2 is 1.77 bits per heavy atom. The number of fused-ring (bicyclic) bond motifs is 1. The summed E-state index contributed by atoms with van der Waals surface area (Å²) in [5, 5.41) is 0.572. The summed E-state index contributed by atoms with van der Waals surface area (Å²) in [5.74, 6) is 0.830. The Morgan fingerprint density at radius 3 is 2.52 bits per heavy atom. The van der Waals surface area contributed by atoms with E-state index in [1.165, 1.54) is 0 Å². The summed E-state index contributed by atoms with van der Waals surface area (Å²) in [6.45, 7) is 1.22. The molecule has 7 heteroatoms. The summed E-state index contributed by atoms with van der Waals surface area (Å²) in [6.07, 6.45) is 2.96. The van der Waals surface area contributed by atoms with Gasteiger partial charge in [-0.2, -0.15) is 0 Å². The van der Waals surface area contributed by atoms with Crippen LogP contribution in [0.15, 0.2) is 57.8 Å². The van der Waals surface area contributed by atoms with Crippen LogP contribution in [0.3, 0.4) is 0 Å². The number of hydrogen-bond acceptors (Lipinski definition) is 4. The molecule has 0 unspecified atom stereocenters. The highest BCUT2D eigenvalue weighted by molar-refractivity contribution is 9.10. The number of likely N-dealkylation sites (tertiary alicyclic amines) is 1. The molecule has 0 atom stereocenters. The van der Waals surface area contributed by atoms with Gasteiger partial charge in [0, 0.05) is 41.9 Å². The van der Waals surface area contributed by atoms with Gasteiger partial charge in [0.2, 0.25) is 5.91 Å². The van der Waals surface area contributed by atoms with E-state index < -0.39 is 0 Å². The second-order valence-electron chi connectivity index (χ2n) is 7.91. The summed E-state index contributed by atoms with van der Waals surface area (Å²) in [6, 6.07) is 14.7. The summed E-state index contributed by atoms with van der Waals surface area (Å²) in [4.78, 5) is 46.6. The van der Waals surface area contributed by atoms with E-state index in [2.05, 4.69) is 25.9 Å². The van der Waals surface area contributed by atoms with E-state index in [-0.39, 0.29) is 23.2 Å². The fourth-order valence-electron chi connectivity index (χ4n) is 4.06. The van der Waals surface area contributed by atoms with E-state index in [0.29, 0.717) is 61.9 Å². The molecule has 160 valence electrons. The zero-order valence-corrected chi connectivity index (χ0v) is 18.7. The first-order valence-corrected chi connectivity index (χ1v) is 11.4. The molecule has 0 spiro atoms. The topological polar surface area (TPSA) is 83.1 Å². The third-order valence-electron chi connectivity index (χ3n) is 5.81. The van der Waals surface area contributed by atoms with Crippen molar-refractivity contribution in [3.05, 3.63) is 74.7 Å². The number of hydrogen-bond donors (Lipinski definition) is 1. The zero-order valence-electron chi connectivity index (χ0n) is 17.1. The van der Waals surface area contributed by atoms with Crippen molar-refractivity contribution in [2.45, 2.75) is 32.1 Å². The fraction of sp³-hybridized carbons (Fsp3) is 0.333. The Balaban J connectivity index is 1.26. The van der Waals surface area contributed by atoms with Crippen LogP contribution in [0.2, 0.25) is 0 Å². The molecule has 1 aliphatic heterocycles. The number of nitrogens with zero attached hydrogens (tertiary/aromatic N) is 2. The number of Topliss-reactive ketones (excluding diaryl/α,β-unsaturated/α-hetero) is 1. The van der Waals surface area contributed by atoms with Gasteiger partial charge >= 0.3 is 0 Å². The number of aromatic amines is 1. The number of para-hydroxylation sites is 1. The molecular formula is C24H24BrN3O3. The average Bonchev–Trinajstić information content (AvgIpc) is 2.79. The van der Waals surface area contributed by atoms with Gasteiger partial charge in [-0.1, -0.05) is 40.2 Å². The van der Waals surface area contributed by atoms with Crippen molar-refractivity contribution >= 4 is 38.5 Å². The van der Waals surface area contributed by atoms with Gasteiger partial charge in [0.05, 0.1) is 10.9 Å². The Labute approximate surface area is 188 Å². The number of aromatic nitrogens is 2. The van der Waals surface area contributed by atoms with Gasteiger partial charge in [0.15, 0.2) is 5.78 Å². The summed E-state index contributed by atoms with van der Waals surface area (Å²) < 4.78 is 0.951. The van der Waals surface area contributed by atoms with E-state index in [0.717, 1.165) is 10.0 Å². The summed E-state index contributed by atoms with van der Waals surface area (Å²) in [7, 11) is 0. The van der Waals surface area contributed by atoms with Crippen LogP contribution >= 0.6 is 15.9 Å². The molecule has 2 heterocycles. The number of rotatable bonds is 6. The molecule has 1 aromatic heterocycles. The van der Waals surface area contributed by atoms with E-state index >= 15 is 0 Å². The maximum atomic E-state index is 12.7. The molecule has 0 aliphatic carbocycles. The average molecular weight is 482 g/mol. The highest BCUT2D eigenvalue weighted by Crippen LogP contribution is 2.23. The van der Waals surface area contributed by atoms with Gasteiger partial charge < -0.3 is 9.88 Å².